The first-order valence-electron chi connectivity index (χ1n) is 13.7. The minimum Gasteiger partial charge on any atom is -0.490 e. The van der Waals surface area contributed by atoms with Crippen molar-refractivity contribution in [2.24, 2.45) is 5.92 Å². The first kappa shape index (κ1) is 29.0. The van der Waals surface area contributed by atoms with Gasteiger partial charge in [0.15, 0.2) is 0 Å². The zero-order valence-electron chi connectivity index (χ0n) is 22.8. The number of rotatable bonds is 6. The minimum absolute atomic E-state index is 0.00211. The second kappa shape index (κ2) is 11.8. The van der Waals surface area contributed by atoms with Gasteiger partial charge in [-0.3, -0.25) is 9.78 Å². The van der Waals surface area contributed by atoms with E-state index in [4.69, 9.17) is 4.74 Å². The highest BCUT2D eigenvalue weighted by molar-refractivity contribution is 6.03. The number of aliphatic hydroxyl groups excluding tert-OH is 1. The Morgan fingerprint density at radius 1 is 1.10 bits per heavy atom. The maximum absolute atomic E-state index is 15.1. The largest absolute Gasteiger partial charge is 0.490 e. The van der Waals surface area contributed by atoms with Crippen molar-refractivity contribution in [3.63, 3.8) is 0 Å². The summed E-state index contributed by atoms with van der Waals surface area (Å²) in [6, 6.07) is 5.76. The summed E-state index contributed by atoms with van der Waals surface area (Å²) < 4.78 is 50.7. The van der Waals surface area contributed by atoms with Gasteiger partial charge >= 0.3 is 0 Å². The summed E-state index contributed by atoms with van der Waals surface area (Å²) in [5.74, 6) is -4.24. The molecule has 218 valence electrons. The number of aliphatic hydroxyl groups is 2. The second-order valence-corrected chi connectivity index (χ2v) is 11.1. The van der Waals surface area contributed by atoms with Crippen molar-refractivity contribution in [1.82, 2.24) is 15.3 Å². The van der Waals surface area contributed by atoms with Crippen molar-refractivity contribution >= 4 is 11.6 Å². The highest BCUT2D eigenvalue weighted by Crippen LogP contribution is 2.43. The molecule has 1 aliphatic heterocycles. The molecule has 41 heavy (non-hydrogen) atoms. The fourth-order valence-electron chi connectivity index (χ4n) is 5.60. The van der Waals surface area contributed by atoms with E-state index >= 15 is 8.78 Å². The standard InChI is InChI=1S/C30H33F3N4O4/c1-16-11-17(12-26(38)30(16,2)40)20-7-10-35-15-25(20)37-29(39)24-4-3-21(31)28(36-24)27-22(32)13-19(14-23(27)33)41-18-5-8-34-9-6-18/h3-4,7,10,13-18,26,34,38,40H,5-6,8-9,11-12H2,1-2H3,(H,37,39)/t16-,17+,26+,30+/m0/s1. The molecule has 1 saturated carbocycles. The molecule has 1 saturated heterocycles. The molecule has 2 aliphatic rings. The quantitative estimate of drug-likeness (QED) is 0.343. The number of nitrogens with one attached hydrogen (secondary N) is 2. The van der Waals surface area contributed by atoms with Gasteiger partial charge in [0.25, 0.3) is 5.91 Å². The predicted octanol–water partition coefficient (Wildman–Crippen LogP) is 4.57. The summed E-state index contributed by atoms with van der Waals surface area (Å²) in [4.78, 5) is 21.3. The number of benzene rings is 1. The summed E-state index contributed by atoms with van der Waals surface area (Å²) in [5, 5.41) is 27.0. The van der Waals surface area contributed by atoms with Crippen molar-refractivity contribution in [3.8, 4) is 17.0 Å². The number of amides is 1. The highest BCUT2D eigenvalue weighted by Gasteiger charge is 2.43. The van der Waals surface area contributed by atoms with Crippen LogP contribution >= 0.6 is 0 Å². The van der Waals surface area contributed by atoms with E-state index in [1.54, 1.807) is 19.2 Å². The average Bonchev–Trinajstić information content (AvgIpc) is 2.93. The molecular weight excluding hydrogens is 537 g/mol. The predicted molar refractivity (Wildman–Crippen MR) is 146 cm³/mol. The molecule has 0 radical (unpaired) electrons. The normalized spacial score (nSPS) is 25.1. The van der Waals surface area contributed by atoms with E-state index in [1.807, 2.05) is 6.92 Å². The Bertz CT molecular complexity index is 1390. The summed E-state index contributed by atoms with van der Waals surface area (Å²) in [7, 11) is 0. The fourth-order valence-corrected chi connectivity index (χ4v) is 5.60. The molecule has 1 amide bonds. The Balaban J connectivity index is 1.38. The van der Waals surface area contributed by atoms with E-state index in [0.29, 0.717) is 30.5 Å². The second-order valence-electron chi connectivity index (χ2n) is 11.1. The number of nitrogens with zero attached hydrogens (tertiary/aromatic N) is 2. The van der Waals surface area contributed by atoms with Gasteiger partial charge in [-0.05, 0) is 81.3 Å². The lowest BCUT2D eigenvalue weighted by Gasteiger charge is -2.43. The third-order valence-electron chi connectivity index (χ3n) is 8.28. The summed E-state index contributed by atoms with van der Waals surface area (Å²) in [5.41, 5.74) is -1.77. The number of carbonyl (C=O) groups excluding carboxylic acids is 1. The number of hydrogen-bond acceptors (Lipinski definition) is 7. The van der Waals surface area contributed by atoms with E-state index in [2.05, 4.69) is 20.6 Å². The molecule has 11 heteroatoms. The molecule has 1 aromatic carbocycles. The van der Waals surface area contributed by atoms with Gasteiger partial charge in [0, 0.05) is 18.3 Å². The van der Waals surface area contributed by atoms with Gasteiger partial charge in [-0.1, -0.05) is 6.92 Å². The Kier molecular flexibility index (Phi) is 8.30. The first-order chi connectivity index (χ1) is 19.5. The van der Waals surface area contributed by atoms with Crippen molar-refractivity contribution in [1.29, 1.82) is 0 Å². The van der Waals surface area contributed by atoms with Gasteiger partial charge in [-0.25, -0.2) is 18.2 Å². The van der Waals surface area contributed by atoms with E-state index in [0.717, 1.165) is 37.4 Å². The van der Waals surface area contributed by atoms with Crippen molar-refractivity contribution in [2.45, 2.75) is 63.3 Å². The zero-order chi connectivity index (χ0) is 29.3. The van der Waals surface area contributed by atoms with Gasteiger partial charge in [0.2, 0.25) is 0 Å². The van der Waals surface area contributed by atoms with Crippen LogP contribution in [0.5, 0.6) is 5.75 Å². The Labute approximate surface area is 236 Å². The van der Waals surface area contributed by atoms with Gasteiger partial charge < -0.3 is 25.6 Å². The third-order valence-corrected chi connectivity index (χ3v) is 8.28. The van der Waals surface area contributed by atoms with Crippen LogP contribution in [0, 0.1) is 23.4 Å². The van der Waals surface area contributed by atoms with E-state index in [9.17, 15) is 19.4 Å². The molecule has 4 atom stereocenters. The maximum atomic E-state index is 15.1. The van der Waals surface area contributed by atoms with Crippen LogP contribution < -0.4 is 15.4 Å². The summed E-state index contributed by atoms with van der Waals surface area (Å²) in [6.07, 6.45) is 4.08. The molecule has 1 aliphatic carbocycles. The topological polar surface area (TPSA) is 117 Å². The van der Waals surface area contributed by atoms with Crippen LogP contribution in [-0.4, -0.2) is 57.0 Å². The Hall–Kier alpha value is -3.54. The maximum Gasteiger partial charge on any atom is 0.274 e. The van der Waals surface area contributed by atoms with Crippen LogP contribution in [0.3, 0.4) is 0 Å². The van der Waals surface area contributed by atoms with Crippen molar-refractivity contribution < 1.29 is 32.9 Å². The number of aromatic nitrogens is 2. The van der Waals surface area contributed by atoms with Crippen LogP contribution in [0.2, 0.25) is 0 Å². The first-order valence-corrected chi connectivity index (χ1v) is 13.7. The number of ether oxygens (including phenoxy) is 1. The summed E-state index contributed by atoms with van der Waals surface area (Å²) >= 11 is 0. The summed E-state index contributed by atoms with van der Waals surface area (Å²) in [6.45, 7) is 4.93. The third kappa shape index (κ3) is 6.07. The SMILES string of the molecule is C[C@H]1C[C@@H](c2ccncc2NC(=O)c2ccc(F)c(-c3c(F)cc(OC4CCNCC4)cc3F)n2)C[C@@H](O)[C@]1(C)O. The molecule has 0 unspecified atom stereocenters. The lowest BCUT2D eigenvalue weighted by molar-refractivity contribution is -0.123. The molecule has 2 aromatic heterocycles. The van der Waals surface area contributed by atoms with Gasteiger partial charge in [-0.15, -0.1) is 0 Å². The fraction of sp³-hybridized carbons (Fsp3) is 0.433. The molecule has 3 heterocycles. The minimum atomic E-state index is -1.23. The molecule has 0 bridgehead atoms. The van der Waals surface area contributed by atoms with Gasteiger partial charge in [-0.2, -0.15) is 0 Å². The molecular formula is C30H33F3N4O4. The zero-order valence-corrected chi connectivity index (χ0v) is 22.8. The number of piperidine rings is 1. The van der Waals surface area contributed by atoms with Crippen LogP contribution in [-0.2, 0) is 0 Å². The Morgan fingerprint density at radius 2 is 1.80 bits per heavy atom. The van der Waals surface area contributed by atoms with Crippen LogP contribution in [0.25, 0.3) is 11.3 Å². The van der Waals surface area contributed by atoms with E-state index < -0.39 is 46.3 Å². The van der Waals surface area contributed by atoms with Crippen LogP contribution in [0.4, 0.5) is 18.9 Å². The van der Waals surface area contributed by atoms with E-state index in [-0.39, 0.29) is 35.8 Å². The molecule has 8 nitrogen and oxygen atoms in total. The van der Waals surface area contributed by atoms with Crippen molar-refractivity contribution in [2.75, 3.05) is 18.4 Å². The van der Waals surface area contributed by atoms with Gasteiger partial charge in [0.05, 0.1) is 29.2 Å². The van der Waals surface area contributed by atoms with Crippen LogP contribution in [0.1, 0.15) is 61.5 Å². The smallest absolute Gasteiger partial charge is 0.274 e. The van der Waals surface area contributed by atoms with Crippen LogP contribution in [0.15, 0.2) is 42.7 Å². The Morgan fingerprint density at radius 3 is 2.49 bits per heavy atom. The number of halogens is 3. The molecule has 2 fully saturated rings. The van der Waals surface area contributed by atoms with Crippen molar-refractivity contribution in [3.05, 3.63) is 71.4 Å². The number of pyridine rings is 2. The van der Waals surface area contributed by atoms with Gasteiger partial charge in [0.1, 0.15) is 40.7 Å². The van der Waals surface area contributed by atoms with E-state index in [1.165, 1.54) is 6.20 Å². The molecule has 5 rings (SSSR count). The highest BCUT2D eigenvalue weighted by atomic mass is 19.1. The average molecular weight is 571 g/mol. The molecule has 0 spiro atoms. The molecule has 4 N–H and O–H groups in total. The lowest BCUT2D eigenvalue weighted by Crippen LogP contribution is -2.49. The monoisotopic (exact) mass is 570 g/mol. The number of hydrogen-bond donors (Lipinski definition) is 4. The number of carbonyl (C=O) groups is 1. The molecule has 3 aromatic rings. The number of anilines is 1. The lowest BCUT2D eigenvalue weighted by atomic mass is 9.69.